The minimum Gasteiger partial charge on any atom is -0.462 e. The van der Waals surface area contributed by atoms with Gasteiger partial charge in [0.25, 0.3) is 5.72 Å². The molecule has 2 atom stereocenters. The van der Waals surface area contributed by atoms with Crippen LogP contribution in [0, 0.1) is 0 Å². The molecule has 0 aromatic rings. The maximum atomic E-state index is 11.7. The van der Waals surface area contributed by atoms with Gasteiger partial charge in [-0.15, -0.1) is 11.8 Å². The van der Waals surface area contributed by atoms with Crippen LogP contribution >= 0.6 is 11.8 Å². The largest absolute Gasteiger partial charge is 0.462 e. The Morgan fingerprint density at radius 2 is 2.14 bits per heavy atom. The first-order valence-corrected chi connectivity index (χ1v) is 7.67. The molecule has 2 N–H and O–H groups in total. The topological polar surface area (TPSA) is 97.2 Å². The summed E-state index contributed by atoms with van der Waals surface area (Å²) in [6.45, 7) is 8.81. The molecule has 2 unspecified atom stereocenters. The first-order valence-electron chi connectivity index (χ1n) is 6.69. The highest BCUT2D eigenvalue weighted by Crippen LogP contribution is 2.28. The van der Waals surface area contributed by atoms with Gasteiger partial charge in [0, 0.05) is 0 Å². The number of aliphatic hydroxyl groups is 1. The van der Waals surface area contributed by atoms with Crippen LogP contribution in [0.2, 0.25) is 0 Å². The first kappa shape index (κ1) is 17.8. The number of thioether (sulfide) groups is 1. The predicted octanol–water partition coefficient (Wildman–Crippen LogP) is 1.30. The molecule has 1 amide bonds. The van der Waals surface area contributed by atoms with Crippen molar-refractivity contribution in [2.24, 2.45) is 4.99 Å². The minimum absolute atomic E-state index is 0.0709. The van der Waals surface area contributed by atoms with E-state index in [1.165, 1.54) is 11.8 Å². The zero-order chi connectivity index (χ0) is 16.3. The zero-order valence-electron chi connectivity index (χ0n) is 12.9. The zero-order valence-corrected chi connectivity index (χ0v) is 13.7. The Bertz CT molecular complexity index is 446. The molecule has 21 heavy (non-hydrogen) atoms. The molecule has 120 valence electrons. The third-order valence-corrected chi connectivity index (χ3v) is 3.71. The summed E-state index contributed by atoms with van der Waals surface area (Å²) < 4.78 is 9.92. The van der Waals surface area contributed by atoms with E-state index in [-0.39, 0.29) is 12.4 Å². The number of hydrogen-bond donors (Lipinski definition) is 2. The van der Waals surface area contributed by atoms with Crippen LogP contribution in [0.1, 0.15) is 34.6 Å². The highest BCUT2D eigenvalue weighted by molar-refractivity contribution is 8.14. The van der Waals surface area contributed by atoms with Crippen LogP contribution in [-0.2, 0) is 14.3 Å². The van der Waals surface area contributed by atoms with E-state index in [9.17, 15) is 14.7 Å². The highest BCUT2D eigenvalue weighted by atomic mass is 32.2. The summed E-state index contributed by atoms with van der Waals surface area (Å²) in [7, 11) is 0. The van der Waals surface area contributed by atoms with E-state index in [4.69, 9.17) is 9.47 Å². The number of nitrogens with zero attached hydrogens (tertiary/aromatic N) is 1. The van der Waals surface area contributed by atoms with Crippen LogP contribution in [0.3, 0.4) is 0 Å². The number of hydrogen-bond acceptors (Lipinski definition) is 7. The molecule has 0 aliphatic carbocycles. The lowest BCUT2D eigenvalue weighted by Crippen LogP contribution is -2.41. The lowest BCUT2D eigenvalue weighted by atomic mass is 10.2. The van der Waals surface area contributed by atoms with Gasteiger partial charge in [-0.3, -0.25) is 0 Å². The van der Waals surface area contributed by atoms with Crippen LogP contribution in [0.25, 0.3) is 0 Å². The average molecular weight is 318 g/mol. The van der Waals surface area contributed by atoms with E-state index in [0.29, 0.717) is 5.04 Å². The van der Waals surface area contributed by atoms with Gasteiger partial charge >= 0.3 is 12.1 Å². The molecule has 1 aliphatic rings. The highest BCUT2D eigenvalue weighted by Gasteiger charge is 2.43. The van der Waals surface area contributed by atoms with Crippen molar-refractivity contribution in [1.29, 1.82) is 0 Å². The molecule has 0 saturated carbocycles. The molecule has 0 saturated heterocycles. The van der Waals surface area contributed by atoms with E-state index in [1.54, 1.807) is 34.6 Å². The third-order valence-electron chi connectivity index (χ3n) is 2.42. The van der Waals surface area contributed by atoms with Crippen molar-refractivity contribution in [3.8, 4) is 0 Å². The number of nitrogens with one attached hydrogen (secondary N) is 1. The fraction of sp³-hybridized carbons (Fsp3) is 0.769. The van der Waals surface area contributed by atoms with E-state index < -0.39 is 29.4 Å². The number of aliphatic imine (C=N–C) groups is 1. The molecule has 1 rings (SSSR count). The number of esters is 1. The summed E-state index contributed by atoms with van der Waals surface area (Å²) in [5, 5.41) is 13.2. The average Bonchev–Trinajstić information content (AvgIpc) is 2.71. The molecule has 0 fully saturated rings. The van der Waals surface area contributed by atoms with Crippen molar-refractivity contribution in [3.05, 3.63) is 0 Å². The smallest absolute Gasteiger partial charge is 0.408 e. The standard InChI is InChI=1S/C13H22N2O5S/c1-6-19-10(16)13(18)7-21-9(15-13)8(2)14-11(17)20-12(3,4)5/h8,18H,6-7H2,1-5H3,(H,14,17). The Kier molecular flexibility index (Phi) is 5.63. The maximum absolute atomic E-state index is 11.7. The molecular weight excluding hydrogens is 296 g/mol. The van der Waals surface area contributed by atoms with Crippen molar-refractivity contribution >= 4 is 28.9 Å². The van der Waals surface area contributed by atoms with Crippen molar-refractivity contribution < 1.29 is 24.2 Å². The third kappa shape index (κ3) is 5.20. The monoisotopic (exact) mass is 318 g/mol. The Morgan fingerprint density at radius 1 is 1.52 bits per heavy atom. The van der Waals surface area contributed by atoms with Crippen molar-refractivity contribution in [1.82, 2.24) is 5.32 Å². The van der Waals surface area contributed by atoms with Crippen LogP contribution in [0.15, 0.2) is 4.99 Å². The van der Waals surface area contributed by atoms with Gasteiger partial charge in [0.05, 0.1) is 23.4 Å². The van der Waals surface area contributed by atoms with E-state index in [2.05, 4.69) is 10.3 Å². The summed E-state index contributed by atoms with van der Waals surface area (Å²) in [6.07, 6.45) is -0.579. The second-order valence-electron chi connectivity index (χ2n) is 5.64. The maximum Gasteiger partial charge on any atom is 0.408 e. The molecule has 0 aromatic heterocycles. The van der Waals surface area contributed by atoms with Gasteiger partial charge in [-0.25, -0.2) is 14.6 Å². The lowest BCUT2D eigenvalue weighted by molar-refractivity contribution is -0.161. The minimum atomic E-state index is -1.88. The van der Waals surface area contributed by atoms with Crippen molar-refractivity contribution in [2.75, 3.05) is 12.4 Å². The van der Waals surface area contributed by atoms with Gasteiger partial charge in [0.1, 0.15) is 5.60 Å². The van der Waals surface area contributed by atoms with E-state index >= 15 is 0 Å². The lowest BCUT2D eigenvalue weighted by Gasteiger charge is -2.21. The van der Waals surface area contributed by atoms with Gasteiger partial charge in [0.2, 0.25) is 0 Å². The van der Waals surface area contributed by atoms with Crippen LogP contribution in [-0.4, -0.2) is 51.9 Å². The van der Waals surface area contributed by atoms with E-state index in [1.807, 2.05) is 0 Å². The van der Waals surface area contributed by atoms with Crippen molar-refractivity contribution in [2.45, 2.75) is 52.0 Å². The van der Waals surface area contributed by atoms with Gasteiger partial charge < -0.3 is 19.9 Å². The number of amides is 1. The molecular formula is C13H22N2O5S. The normalized spacial score (nSPS) is 23.2. The summed E-state index contributed by atoms with van der Waals surface area (Å²) in [5.41, 5.74) is -2.47. The summed E-state index contributed by atoms with van der Waals surface area (Å²) in [4.78, 5) is 27.3. The number of rotatable bonds is 4. The van der Waals surface area contributed by atoms with Gasteiger partial charge in [0.15, 0.2) is 0 Å². The molecule has 1 heterocycles. The molecule has 1 aliphatic heterocycles. The van der Waals surface area contributed by atoms with Crippen LogP contribution < -0.4 is 5.32 Å². The number of ether oxygens (including phenoxy) is 2. The number of carbonyl (C=O) groups is 2. The number of carbonyl (C=O) groups excluding carboxylic acids is 2. The van der Waals surface area contributed by atoms with Gasteiger partial charge in [-0.05, 0) is 34.6 Å². The second kappa shape index (κ2) is 6.65. The first-order chi connectivity index (χ1) is 9.57. The molecule has 7 nitrogen and oxygen atoms in total. The Morgan fingerprint density at radius 3 is 2.67 bits per heavy atom. The number of alkyl carbamates (subject to hydrolysis) is 1. The van der Waals surface area contributed by atoms with Gasteiger partial charge in [-0.2, -0.15) is 0 Å². The fourth-order valence-electron chi connectivity index (χ4n) is 1.54. The molecule has 0 radical (unpaired) electrons. The quantitative estimate of drug-likeness (QED) is 0.758. The van der Waals surface area contributed by atoms with Gasteiger partial charge in [-0.1, -0.05) is 0 Å². The second-order valence-corrected chi connectivity index (χ2v) is 6.64. The molecule has 8 heteroatoms. The summed E-state index contributed by atoms with van der Waals surface area (Å²) in [5.74, 6) is -0.710. The predicted molar refractivity (Wildman–Crippen MR) is 80.3 cm³/mol. The Balaban J connectivity index is 2.66. The fourth-order valence-corrected chi connectivity index (χ4v) is 2.60. The molecule has 0 aromatic carbocycles. The summed E-state index contributed by atoms with van der Waals surface area (Å²) in [6, 6.07) is -0.465. The van der Waals surface area contributed by atoms with E-state index in [0.717, 1.165) is 0 Å². The van der Waals surface area contributed by atoms with Crippen LogP contribution in [0.5, 0.6) is 0 Å². The Hall–Kier alpha value is -1.28. The Labute approximate surface area is 128 Å². The van der Waals surface area contributed by atoms with Crippen LogP contribution in [0.4, 0.5) is 4.79 Å². The molecule has 0 bridgehead atoms. The van der Waals surface area contributed by atoms with Crippen molar-refractivity contribution in [3.63, 3.8) is 0 Å². The summed E-state index contributed by atoms with van der Waals surface area (Å²) >= 11 is 1.20. The SMILES string of the molecule is CCOC(=O)C1(O)CSC(C(C)NC(=O)OC(C)(C)C)=N1. The molecule has 0 spiro atoms.